The number of carboxylic acid groups (broad SMARTS) is 1. The second kappa shape index (κ2) is 15.7. The molecule has 5 atom stereocenters. The van der Waals surface area contributed by atoms with Gasteiger partial charge >= 0.3 is 5.97 Å². The number of aromatic nitrogens is 3. The van der Waals surface area contributed by atoms with E-state index >= 15 is 0 Å². The number of rotatable bonds is 17. The van der Waals surface area contributed by atoms with Crippen molar-refractivity contribution in [1.29, 1.82) is 0 Å². The average Bonchev–Trinajstić information content (AvgIpc) is 3.64. The first kappa shape index (κ1) is 32.3. The van der Waals surface area contributed by atoms with Gasteiger partial charge in [-0.3, -0.25) is 14.4 Å². The number of nitrogens with zero attached hydrogens (tertiary/aromatic N) is 1. The van der Waals surface area contributed by atoms with Crippen molar-refractivity contribution in [2.75, 3.05) is 6.54 Å². The molecule has 0 aliphatic heterocycles. The Hall–Kier alpha value is -4.23. The van der Waals surface area contributed by atoms with Crippen molar-refractivity contribution in [2.24, 2.45) is 17.4 Å². The number of imidazole rings is 1. The Labute approximate surface area is 244 Å². The summed E-state index contributed by atoms with van der Waals surface area (Å²) < 4.78 is 0. The lowest BCUT2D eigenvalue weighted by atomic mass is 9.96. The molecule has 5 unspecified atom stereocenters. The van der Waals surface area contributed by atoms with Gasteiger partial charge in [0, 0.05) is 35.4 Å². The fraction of sp³-hybridized carbons (Fsp3) is 0.483. The van der Waals surface area contributed by atoms with Gasteiger partial charge in [-0.1, -0.05) is 38.5 Å². The van der Waals surface area contributed by atoms with Crippen LogP contribution in [0.5, 0.6) is 0 Å². The van der Waals surface area contributed by atoms with Crippen molar-refractivity contribution in [3.63, 3.8) is 0 Å². The third kappa shape index (κ3) is 8.88. The monoisotopic (exact) mass is 582 g/mol. The van der Waals surface area contributed by atoms with E-state index in [2.05, 4.69) is 30.9 Å². The Kier molecular flexibility index (Phi) is 12.1. The van der Waals surface area contributed by atoms with Gasteiger partial charge in [0.1, 0.15) is 18.1 Å². The van der Waals surface area contributed by atoms with Crippen LogP contribution in [0.1, 0.15) is 50.8 Å². The van der Waals surface area contributed by atoms with Crippen LogP contribution < -0.4 is 27.4 Å². The zero-order chi connectivity index (χ0) is 30.6. The molecule has 0 bridgehead atoms. The number of unbranched alkanes of at least 4 members (excludes halogenated alkanes) is 1. The Morgan fingerprint density at radius 3 is 2.38 bits per heavy atom. The van der Waals surface area contributed by atoms with Crippen LogP contribution >= 0.6 is 0 Å². The second-order valence-corrected chi connectivity index (χ2v) is 10.6. The molecule has 0 radical (unpaired) electrons. The predicted molar refractivity (Wildman–Crippen MR) is 158 cm³/mol. The molecule has 13 heteroatoms. The molecule has 228 valence electrons. The number of para-hydroxylation sites is 1. The van der Waals surface area contributed by atoms with E-state index in [1.165, 1.54) is 12.5 Å². The molecular weight excluding hydrogens is 540 g/mol. The maximum atomic E-state index is 13.6. The van der Waals surface area contributed by atoms with Crippen molar-refractivity contribution >= 4 is 34.6 Å². The molecule has 0 aliphatic rings. The molecule has 2 aromatic heterocycles. The zero-order valence-electron chi connectivity index (χ0n) is 24.1. The van der Waals surface area contributed by atoms with E-state index in [1.807, 2.05) is 37.4 Å². The van der Waals surface area contributed by atoms with Gasteiger partial charge in [0.25, 0.3) is 0 Å². The number of carboxylic acids is 1. The minimum absolute atomic E-state index is 0.0725. The third-order valence-electron chi connectivity index (χ3n) is 7.42. The number of aromatic amines is 2. The number of aliphatic carboxylic acids is 1. The van der Waals surface area contributed by atoms with E-state index in [1.54, 1.807) is 6.92 Å². The summed E-state index contributed by atoms with van der Waals surface area (Å²) in [6.07, 6.45) is 7.03. The molecule has 10 N–H and O–H groups in total. The van der Waals surface area contributed by atoms with Crippen LogP contribution in [0.25, 0.3) is 10.9 Å². The average molecular weight is 583 g/mol. The number of nitrogens with one attached hydrogen (secondary N) is 5. The number of hydrogen-bond acceptors (Lipinski definition) is 7. The molecule has 1 aromatic carbocycles. The highest BCUT2D eigenvalue weighted by atomic mass is 16.4. The molecule has 0 fully saturated rings. The molecule has 3 aromatic rings. The third-order valence-corrected chi connectivity index (χ3v) is 7.42. The van der Waals surface area contributed by atoms with E-state index in [0.29, 0.717) is 31.5 Å². The van der Waals surface area contributed by atoms with Crippen molar-refractivity contribution in [3.8, 4) is 0 Å². The van der Waals surface area contributed by atoms with Crippen LogP contribution in [0.2, 0.25) is 0 Å². The zero-order valence-corrected chi connectivity index (χ0v) is 24.1. The topological polar surface area (TPSA) is 221 Å². The first-order valence-electron chi connectivity index (χ1n) is 14.3. The highest BCUT2D eigenvalue weighted by molar-refractivity contribution is 5.94. The summed E-state index contributed by atoms with van der Waals surface area (Å²) in [5.41, 5.74) is 14.2. The fourth-order valence-corrected chi connectivity index (χ4v) is 4.70. The van der Waals surface area contributed by atoms with Gasteiger partial charge in [-0.2, -0.15) is 0 Å². The van der Waals surface area contributed by atoms with E-state index in [0.717, 1.165) is 16.5 Å². The van der Waals surface area contributed by atoms with E-state index in [4.69, 9.17) is 11.5 Å². The summed E-state index contributed by atoms with van der Waals surface area (Å²) in [5, 5.41) is 18.6. The van der Waals surface area contributed by atoms with Crippen LogP contribution in [0, 0.1) is 5.92 Å². The van der Waals surface area contributed by atoms with E-state index in [9.17, 15) is 24.3 Å². The van der Waals surface area contributed by atoms with Crippen molar-refractivity contribution < 1.29 is 24.3 Å². The van der Waals surface area contributed by atoms with Crippen LogP contribution in [-0.4, -0.2) is 74.5 Å². The fourth-order valence-electron chi connectivity index (χ4n) is 4.70. The summed E-state index contributed by atoms with van der Waals surface area (Å²) >= 11 is 0. The predicted octanol–water partition coefficient (Wildman–Crippen LogP) is 0.718. The minimum atomic E-state index is -1.16. The van der Waals surface area contributed by atoms with E-state index < -0.39 is 47.9 Å². The molecule has 0 saturated heterocycles. The van der Waals surface area contributed by atoms with Gasteiger partial charge < -0.3 is 42.5 Å². The number of H-pyrrole nitrogens is 2. The Bertz CT molecular complexity index is 1320. The van der Waals surface area contributed by atoms with Crippen molar-refractivity contribution in [2.45, 2.75) is 76.5 Å². The number of carbonyl (C=O) groups excluding carboxylic acids is 3. The van der Waals surface area contributed by atoms with Crippen LogP contribution in [0.4, 0.5) is 0 Å². The molecule has 42 heavy (non-hydrogen) atoms. The molecule has 0 saturated carbocycles. The normalized spacial score (nSPS) is 14.9. The van der Waals surface area contributed by atoms with Crippen LogP contribution in [0.15, 0.2) is 43.0 Å². The SMILES string of the molecule is CCC(C)C(NC(=O)C(Cc1cnc[nH]1)NC(=O)C(N)Cc1c[nH]c2ccccc12)C(=O)NC(CCCCN)C(=O)O. The lowest BCUT2D eigenvalue weighted by molar-refractivity contribution is -0.143. The Balaban J connectivity index is 1.73. The number of hydrogen-bond donors (Lipinski definition) is 8. The molecule has 0 spiro atoms. The lowest BCUT2D eigenvalue weighted by Crippen LogP contribution is -2.59. The van der Waals surface area contributed by atoms with Crippen LogP contribution in [0.3, 0.4) is 0 Å². The largest absolute Gasteiger partial charge is 0.480 e. The highest BCUT2D eigenvalue weighted by Crippen LogP contribution is 2.19. The van der Waals surface area contributed by atoms with Crippen molar-refractivity contribution in [3.05, 3.63) is 54.2 Å². The van der Waals surface area contributed by atoms with Crippen LogP contribution in [-0.2, 0) is 32.0 Å². The lowest BCUT2D eigenvalue weighted by Gasteiger charge is -2.28. The number of nitrogens with two attached hydrogens (primary N) is 2. The minimum Gasteiger partial charge on any atom is -0.480 e. The molecular formula is C29H42N8O5. The summed E-state index contributed by atoms with van der Waals surface area (Å²) in [6, 6.07) is 3.51. The Morgan fingerprint density at radius 1 is 0.976 bits per heavy atom. The number of fused-ring (bicyclic) bond motifs is 1. The summed E-state index contributed by atoms with van der Waals surface area (Å²) in [6.45, 7) is 4.07. The smallest absolute Gasteiger partial charge is 0.326 e. The Morgan fingerprint density at radius 2 is 1.71 bits per heavy atom. The molecule has 0 aliphatic carbocycles. The first-order valence-corrected chi connectivity index (χ1v) is 14.3. The van der Waals surface area contributed by atoms with Gasteiger partial charge in [0.2, 0.25) is 17.7 Å². The van der Waals surface area contributed by atoms with Gasteiger partial charge in [0.05, 0.1) is 12.4 Å². The summed E-state index contributed by atoms with van der Waals surface area (Å²) in [7, 11) is 0. The number of benzene rings is 1. The standard InChI is InChI=1S/C29H42N8O5/c1-3-17(2)25(28(40)35-23(29(41)42)10-6-7-11-30)37-27(39)24(13-19-15-32-16-34-19)36-26(38)21(31)12-18-14-33-22-9-5-4-8-20(18)22/h4-5,8-9,14-17,21,23-25,33H,3,6-7,10-13,30-31H2,1-2H3,(H,32,34)(H,35,40)(H,36,38)(H,37,39)(H,41,42). The molecule has 2 heterocycles. The van der Waals surface area contributed by atoms with Gasteiger partial charge in [0.15, 0.2) is 0 Å². The van der Waals surface area contributed by atoms with E-state index in [-0.39, 0.29) is 25.2 Å². The van der Waals surface area contributed by atoms with Gasteiger partial charge in [-0.25, -0.2) is 9.78 Å². The van der Waals surface area contributed by atoms with Gasteiger partial charge in [-0.05, 0) is 49.8 Å². The first-order chi connectivity index (χ1) is 20.1. The number of carbonyl (C=O) groups is 4. The quantitative estimate of drug-likeness (QED) is 0.106. The molecule has 3 rings (SSSR count). The van der Waals surface area contributed by atoms with Gasteiger partial charge in [-0.15, -0.1) is 0 Å². The van der Waals surface area contributed by atoms with Crippen molar-refractivity contribution in [1.82, 2.24) is 30.9 Å². The summed E-state index contributed by atoms with van der Waals surface area (Å²) in [5.74, 6) is -3.23. The maximum Gasteiger partial charge on any atom is 0.326 e. The maximum absolute atomic E-state index is 13.6. The number of amides is 3. The molecule has 3 amide bonds. The summed E-state index contributed by atoms with van der Waals surface area (Å²) in [4.78, 5) is 61.8. The molecule has 13 nitrogen and oxygen atoms in total. The highest BCUT2D eigenvalue weighted by Gasteiger charge is 2.33. The second-order valence-electron chi connectivity index (χ2n) is 10.6.